The van der Waals surface area contributed by atoms with Crippen molar-refractivity contribution < 1.29 is 13.3 Å². The van der Waals surface area contributed by atoms with Crippen LogP contribution in [-0.2, 0) is 5.41 Å². The first-order chi connectivity index (χ1) is 12.9. The van der Waals surface area contributed by atoms with Crippen LogP contribution in [0.4, 0.5) is 8.78 Å². The molecule has 1 fully saturated rings. The fourth-order valence-corrected chi connectivity index (χ4v) is 5.16. The van der Waals surface area contributed by atoms with Crippen molar-refractivity contribution in [2.75, 3.05) is 0 Å². The summed E-state index contributed by atoms with van der Waals surface area (Å²) >= 11 is 0. The zero-order chi connectivity index (χ0) is 19.0. The minimum Gasteiger partial charge on any atom is -0.340 e. The molecule has 2 heterocycles. The highest BCUT2D eigenvalue weighted by Crippen LogP contribution is 2.69. The third kappa shape index (κ3) is 1.91. The van der Waals surface area contributed by atoms with Crippen molar-refractivity contribution in [2.24, 2.45) is 5.41 Å². The van der Waals surface area contributed by atoms with Crippen LogP contribution in [0.15, 0.2) is 28.8 Å². The summed E-state index contributed by atoms with van der Waals surface area (Å²) < 4.78 is 33.7. The number of aryl methyl sites for hydroxylation is 1. The van der Waals surface area contributed by atoms with Gasteiger partial charge in [0, 0.05) is 6.92 Å². The van der Waals surface area contributed by atoms with E-state index in [1.807, 2.05) is 0 Å². The third-order valence-corrected chi connectivity index (χ3v) is 6.51. The number of fused-ring (bicyclic) bond motifs is 5. The smallest absolute Gasteiger partial charge is 0.223 e. The minimum atomic E-state index is -0.643. The molecule has 2 unspecified atom stereocenters. The van der Waals surface area contributed by atoms with Crippen LogP contribution in [0.3, 0.4) is 0 Å². The highest BCUT2D eigenvalue weighted by atomic mass is 19.1. The molecule has 3 aromatic rings. The van der Waals surface area contributed by atoms with E-state index in [1.165, 1.54) is 18.2 Å². The number of aromatic nitrogens is 4. The van der Waals surface area contributed by atoms with Crippen LogP contribution in [0, 0.1) is 24.0 Å². The Bertz CT molecular complexity index is 1060. The van der Waals surface area contributed by atoms with Crippen molar-refractivity contribution in [3.8, 4) is 11.3 Å². The molecule has 2 aliphatic carbocycles. The molecular formula is C20H18F2N4O. The predicted molar refractivity (Wildman–Crippen MR) is 93.0 cm³/mol. The van der Waals surface area contributed by atoms with Crippen molar-refractivity contribution >= 4 is 0 Å². The van der Waals surface area contributed by atoms with Gasteiger partial charge in [-0.1, -0.05) is 25.1 Å². The van der Waals surface area contributed by atoms with E-state index in [0.29, 0.717) is 11.7 Å². The molecule has 5 rings (SSSR count). The molecular weight excluding hydrogens is 350 g/mol. The molecule has 5 nitrogen and oxygen atoms in total. The molecule has 2 aromatic heterocycles. The summed E-state index contributed by atoms with van der Waals surface area (Å²) in [5.41, 5.74) is 1.15. The SMILES string of the molecule is Cc1nc(C23CCC(c4cc(-c5c(F)cccc5F)nnc42)C3(C)C)no1. The summed E-state index contributed by atoms with van der Waals surface area (Å²) in [7, 11) is 0. The van der Waals surface area contributed by atoms with Gasteiger partial charge in [-0.3, -0.25) is 0 Å². The molecule has 2 atom stereocenters. The molecule has 0 aliphatic heterocycles. The Hall–Kier alpha value is -2.70. The summed E-state index contributed by atoms with van der Waals surface area (Å²) in [4.78, 5) is 4.50. The summed E-state index contributed by atoms with van der Waals surface area (Å²) in [6, 6.07) is 5.58. The highest BCUT2D eigenvalue weighted by molar-refractivity contribution is 5.63. The second kappa shape index (κ2) is 5.18. The molecule has 1 saturated carbocycles. The maximum atomic E-state index is 14.2. The number of halogens is 2. The summed E-state index contributed by atoms with van der Waals surface area (Å²) in [6.45, 7) is 6.10. The topological polar surface area (TPSA) is 64.7 Å². The van der Waals surface area contributed by atoms with Crippen LogP contribution in [0.5, 0.6) is 0 Å². The van der Waals surface area contributed by atoms with E-state index in [0.717, 1.165) is 24.1 Å². The molecule has 0 N–H and O–H groups in total. The molecule has 7 heteroatoms. The van der Waals surface area contributed by atoms with Crippen LogP contribution in [0.25, 0.3) is 11.3 Å². The quantitative estimate of drug-likeness (QED) is 0.674. The zero-order valence-corrected chi connectivity index (χ0v) is 15.3. The molecule has 0 radical (unpaired) electrons. The van der Waals surface area contributed by atoms with Crippen molar-refractivity contribution in [3.63, 3.8) is 0 Å². The van der Waals surface area contributed by atoms with E-state index in [2.05, 4.69) is 34.2 Å². The lowest BCUT2D eigenvalue weighted by atomic mass is 9.68. The van der Waals surface area contributed by atoms with Crippen molar-refractivity contribution in [2.45, 2.75) is 44.9 Å². The lowest BCUT2D eigenvalue weighted by Gasteiger charge is -2.34. The monoisotopic (exact) mass is 368 g/mol. The van der Waals surface area contributed by atoms with Crippen LogP contribution in [-0.4, -0.2) is 20.3 Å². The maximum Gasteiger partial charge on any atom is 0.223 e. The predicted octanol–water partition coefficient (Wildman–Crippen LogP) is 4.32. The van der Waals surface area contributed by atoms with Gasteiger partial charge in [-0.15, -0.1) is 5.10 Å². The Labute approximate surface area is 154 Å². The van der Waals surface area contributed by atoms with E-state index in [4.69, 9.17) is 4.52 Å². The Morgan fingerprint density at radius 2 is 1.89 bits per heavy atom. The van der Waals surface area contributed by atoms with Gasteiger partial charge in [0.05, 0.1) is 22.4 Å². The fraction of sp³-hybridized carbons (Fsp3) is 0.400. The molecule has 0 amide bonds. The molecule has 138 valence electrons. The van der Waals surface area contributed by atoms with Crippen LogP contribution < -0.4 is 0 Å². The van der Waals surface area contributed by atoms with Gasteiger partial charge in [0.15, 0.2) is 5.82 Å². The van der Waals surface area contributed by atoms with Gasteiger partial charge in [-0.2, -0.15) is 10.1 Å². The summed E-state index contributed by atoms with van der Waals surface area (Å²) in [5.74, 6) is 0.0243. The average Bonchev–Trinajstić information content (AvgIpc) is 3.22. The Morgan fingerprint density at radius 1 is 1.15 bits per heavy atom. The molecule has 0 saturated heterocycles. The van der Waals surface area contributed by atoms with E-state index in [-0.39, 0.29) is 22.6 Å². The standard InChI is InChI=1S/C20H18F2N4O/c1-10-23-18(26-27-10)20-8-7-12(19(20,2)3)11-9-15(24-25-17(11)20)16-13(21)5-4-6-14(16)22/h4-6,9,12H,7-8H2,1-3H3. The van der Waals surface area contributed by atoms with Crippen LogP contribution in [0.2, 0.25) is 0 Å². The van der Waals surface area contributed by atoms with Gasteiger partial charge in [-0.25, -0.2) is 8.78 Å². The molecule has 27 heavy (non-hydrogen) atoms. The highest BCUT2D eigenvalue weighted by Gasteiger charge is 2.66. The van der Waals surface area contributed by atoms with Crippen molar-refractivity contribution in [1.29, 1.82) is 0 Å². The molecule has 2 bridgehead atoms. The van der Waals surface area contributed by atoms with Crippen molar-refractivity contribution in [3.05, 3.63) is 58.9 Å². The fourth-order valence-electron chi connectivity index (χ4n) is 5.16. The van der Waals surface area contributed by atoms with E-state index < -0.39 is 17.0 Å². The van der Waals surface area contributed by atoms with E-state index in [1.54, 1.807) is 13.0 Å². The average molecular weight is 368 g/mol. The second-order valence-corrected chi connectivity index (χ2v) is 7.99. The largest absolute Gasteiger partial charge is 0.340 e. The van der Waals surface area contributed by atoms with Crippen molar-refractivity contribution in [1.82, 2.24) is 20.3 Å². The summed E-state index contributed by atoms with van der Waals surface area (Å²) in [6.07, 6.45) is 1.78. The lowest BCUT2D eigenvalue weighted by Crippen LogP contribution is -2.38. The number of hydrogen-bond acceptors (Lipinski definition) is 5. The van der Waals surface area contributed by atoms with Crippen LogP contribution >= 0.6 is 0 Å². The molecule has 0 spiro atoms. The number of nitrogens with zero attached hydrogens (tertiary/aromatic N) is 4. The van der Waals surface area contributed by atoms with Gasteiger partial charge in [-0.05, 0) is 47.9 Å². The normalized spacial score (nSPS) is 25.0. The van der Waals surface area contributed by atoms with Gasteiger partial charge in [0.25, 0.3) is 0 Å². The Kier molecular flexibility index (Phi) is 3.16. The minimum absolute atomic E-state index is 0.141. The number of rotatable bonds is 2. The first kappa shape index (κ1) is 16.5. The van der Waals surface area contributed by atoms with E-state index >= 15 is 0 Å². The zero-order valence-electron chi connectivity index (χ0n) is 15.3. The van der Waals surface area contributed by atoms with Gasteiger partial charge in [0.1, 0.15) is 11.6 Å². The lowest BCUT2D eigenvalue weighted by molar-refractivity contribution is 0.230. The number of benzene rings is 1. The summed E-state index contributed by atoms with van der Waals surface area (Å²) in [5, 5.41) is 12.8. The van der Waals surface area contributed by atoms with E-state index in [9.17, 15) is 8.78 Å². The molecule has 1 aromatic carbocycles. The Balaban J connectivity index is 1.73. The Morgan fingerprint density at radius 3 is 2.56 bits per heavy atom. The van der Waals surface area contributed by atoms with Crippen LogP contribution in [0.1, 0.15) is 55.6 Å². The maximum absolute atomic E-state index is 14.2. The van der Waals surface area contributed by atoms with Gasteiger partial charge >= 0.3 is 0 Å². The van der Waals surface area contributed by atoms with Gasteiger partial charge in [0.2, 0.25) is 5.89 Å². The molecule has 2 aliphatic rings. The second-order valence-electron chi connectivity index (χ2n) is 7.99. The van der Waals surface area contributed by atoms with Gasteiger partial charge < -0.3 is 4.52 Å². The first-order valence-electron chi connectivity index (χ1n) is 8.99. The third-order valence-electron chi connectivity index (χ3n) is 6.51. The number of hydrogen-bond donors (Lipinski definition) is 0. The first-order valence-corrected chi connectivity index (χ1v) is 8.99.